The first-order valence-corrected chi connectivity index (χ1v) is 11.3. The van der Waals surface area contributed by atoms with Crippen molar-refractivity contribution in [2.75, 3.05) is 31.6 Å². The monoisotopic (exact) mass is 465 g/mol. The third-order valence-electron chi connectivity index (χ3n) is 5.49. The number of thioether (sulfide) groups is 1. The van der Waals surface area contributed by atoms with Crippen LogP contribution in [0.5, 0.6) is 5.75 Å². The molecule has 1 N–H and O–H groups in total. The highest BCUT2D eigenvalue weighted by Crippen LogP contribution is 2.32. The molecular formula is C24H23N3O5S. The van der Waals surface area contributed by atoms with Crippen LogP contribution >= 0.6 is 11.8 Å². The van der Waals surface area contributed by atoms with E-state index in [1.807, 2.05) is 30.3 Å². The zero-order chi connectivity index (χ0) is 23.4. The van der Waals surface area contributed by atoms with Crippen LogP contribution in [0.25, 0.3) is 6.08 Å². The first-order valence-electron chi connectivity index (χ1n) is 10.5. The minimum Gasteiger partial charge on any atom is -0.497 e. The molecule has 0 spiro atoms. The number of nitrogens with one attached hydrogen (secondary N) is 1. The Balaban J connectivity index is 1.29. The predicted octanol–water partition coefficient (Wildman–Crippen LogP) is 2.90. The molecule has 4 rings (SSSR count). The van der Waals surface area contributed by atoms with Crippen molar-refractivity contribution >= 4 is 46.5 Å². The molecule has 33 heavy (non-hydrogen) atoms. The highest BCUT2D eigenvalue weighted by atomic mass is 32.2. The van der Waals surface area contributed by atoms with Crippen LogP contribution in [0.15, 0.2) is 59.5 Å². The molecule has 2 heterocycles. The summed E-state index contributed by atoms with van der Waals surface area (Å²) in [5.41, 5.74) is 1.54. The van der Waals surface area contributed by atoms with Gasteiger partial charge in [0.25, 0.3) is 11.1 Å². The number of carbonyl (C=O) groups excluding carboxylic acids is 4. The highest BCUT2D eigenvalue weighted by Gasteiger charge is 2.37. The van der Waals surface area contributed by atoms with E-state index in [0.29, 0.717) is 16.3 Å². The minimum atomic E-state index is -0.493. The van der Waals surface area contributed by atoms with Gasteiger partial charge in [0.05, 0.1) is 17.9 Å². The van der Waals surface area contributed by atoms with E-state index in [2.05, 4.69) is 5.32 Å². The topological polar surface area (TPSA) is 96.0 Å². The fraction of sp³-hybridized carbons (Fsp3) is 0.250. The van der Waals surface area contributed by atoms with Crippen molar-refractivity contribution < 1.29 is 23.9 Å². The van der Waals surface area contributed by atoms with Crippen LogP contribution in [0.1, 0.15) is 12.0 Å². The Labute approximate surface area is 195 Å². The molecule has 2 aliphatic heterocycles. The van der Waals surface area contributed by atoms with Crippen molar-refractivity contribution in [3.63, 3.8) is 0 Å². The molecule has 0 aliphatic carbocycles. The zero-order valence-corrected chi connectivity index (χ0v) is 18.8. The summed E-state index contributed by atoms with van der Waals surface area (Å²) in [7, 11) is 1.57. The van der Waals surface area contributed by atoms with Gasteiger partial charge in [-0.05, 0) is 47.7 Å². The van der Waals surface area contributed by atoms with Gasteiger partial charge in [0.15, 0.2) is 0 Å². The number of carbonyl (C=O) groups is 4. The van der Waals surface area contributed by atoms with Crippen LogP contribution in [0, 0.1) is 5.92 Å². The average molecular weight is 466 g/mol. The van der Waals surface area contributed by atoms with E-state index in [9.17, 15) is 19.2 Å². The van der Waals surface area contributed by atoms with E-state index < -0.39 is 5.92 Å². The average Bonchev–Trinajstić information content (AvgIpc) is 3.34. The van der Waals surface area contributed by atoms with E-state index >= 15 is 0 Å². The van der Waals surface area contributed by atoms with Crippen molar-refractivity contribution in [1.82, 2.24) is 10.2 Å². The van der Waals surface area contributed by atoms with Gasteiger partial charge >= 0.3 is 0 Å². The van der Waals surface area contributed by atoms with Crippen LogP contribution in [0.3, 0.4) is 0 Å². The molecule has 4 amide bonds. The Morgan fingerprint density at radius 1 is 1.12 bits per heavy atom. The Hall–Kier alpha value is -3.59. The number of hydrogen-bond acceptors (Lipinski definition) is 6. The van der Waals surface area contributed by atoms with Crippen LogP contribution < -0.4 is 15.0 Å². The quantitative estimate of drug-likeness (QED) is 0.632. The molecule has 0 saturated carbocycles. The Morgan fingerprint density at radius 3 is 2.55 bits per heavy atom. The number of amides is 4. The summed E-state index contributed by atoms with van der Waals surface area (Å²) in [6, 6.07) is 16.4. The Morgan fingerprint density at radius 2 is 1.85 bits per heavy atom. The molecule has 2 fully saturated rings. The maximum atomic E-state index is 12.6. The molecule has 0 aromatic heterocycles. The first-order chi connectivity index (χ1) is 16.0. The van der Waals surface area contributed by atoms with Crippen molar-refractivity contribution in [2.24, 2.45) is 5.92 Å². The second-order valence-electron chi connectivity index (χ2n) is 7.64. The molecule has 2 saturated heterocycles. The number of imide groups is 1. The lowest BCUT2D eigenvalue weighted by Gasteiger charge is -2.17. The molecule has 1 unspecified atom stereocenters. The number of benzene rings is 2. The van der Waals surface area contributed by atoms with Gasteiger partial charge in [-0.25, -0.2) is 0 Å². The summed E-state index contributed by atoms with van der Waals surface area (Å²) in [6.07, 6.45) is 1.79. The van der Waals surface area contributed by atoms with E-state index in [-0.39, 0.29) is 49.0 Å². The molecular weight excluding hydrogens is 442 g/mol. The van der Waals surface area contributed by atoms with Gasteiger partial charge < -0.3 is 15.0 Å². The predicted molar refractivity (Wildman–Crippen MR) is 126 cm³/mol. The molecule has 2 aromatic rings. The van der Waals surface area contributed by atoms with Gasteiger partial charge in [0.2, 0.25) is 11.8 Å². The molecule has 170 valence electrons. The molecule has 9 heteroatoms. The van der Waals surface area contributed by atoms with Crippen molar-refractivity contribution in [3.05, 3.63) is 65.1 Å². The van der Waals surface area contributed by atoms with Crippen LogP contribution in [-0.2, 0) is 14.4 Å². The number of methoxy groups -OCH3 is 1. The molecule has 1 atom stereocenters. The summed E-state index contributed by atoms with van der Waals surface area (Å²) >= 11 is 0.887. The number of ether oxygens (including phenoxy) is 1. The van der Waals surface area contributed by atoms with Crippen molar-refractivity contribution in [3.8, 4) is 5.75 Å². The summed E-state index contributed by atoms with van der Waals surface area (Å²) < 4.78 is 5.13. The van der Waals surface area contributed by atoms with Gasteiger partial charge in [-0.3, -0.25) is 24.1 Å². The number of nitrogens with zero attached hydrogens (tertiary/aromatic N) is 2. The third-order valence-corrected chi connectivity index (χ3v) is 6.39. The zero-order valence-electron chi connectivity index (χ0n) is 18.0. The second kappa shape index (κ2) is 9.91. The first kappa shape index (κ1) is 22.6. The lowest BCUT2D eigenvalue weighted by molar-refractivity contribution is -0.127. The van der Waals surface area contributed by atoms with Gasteiger partial charge in [-0.2, -0.15) is 0 Å². The van der Waals surface area contributed by atoms with E-state index in [4.69, 9.17) is 4.74 Å². The van der Waals surface area contributed by atoms with E-state index in [1.54, 1.807) is 42.4 Å². The Bertz CT molecular complexity index is 1100. The highest BCUT2D eigenvalue weighted by molar-refractivity contribution is 8.18. The smallest absolute Gasteiger partial charge is 0.293 e. The van der Waals surface area contributed by atoms with Crippen LogP contribution in [0.2, 0.25) is 0 Å². The lowest BCUT2D eigenvalue weighted by atomic mass is 10.1. The molecule has 2 aliphatic rings. The van der Waals surface area contributed by atoms with Gasteiger partial charge in [0.1, 0.15) is 5.75 Å². The van der Waals surface area contributed by atoms with Gasteiger partial charge in [0, 0.05) is 31.7 Å². The number of anilines is 1. The normalized spacial score (nSPS) is 19.5. The summed E-state index contributed by atoms with van der Waals surface area (Å²) in [6.45, 7) is 0.479. The fourth-order valence-electron chi connectivity index (χ4n) is 3.72. The minimum absolute atomic E-state index is 0.0748. The van der Waals surface area contributed by atoms with E-state index in [1.165, 1.54) is 0 Å². The van der Waals surface area contributed by atoms with Crippen LogP contribution in [0.4, 0.5) is 10.5 Å². The fourth-order valence-corrected chi connectivity index (χ4v) is 4.59. The van der Waals surface area contributed by atoms with Crippen molar-refractivity contribution in [1.29, 1.82) is 0 Å². The summed E-state index contributed by atoms with van der Waals surface area (Å²) in [4.78, 5) is 52.9. The van der Waals surface area contributed by atoms with Gasteiger partial charge in [-0.15, -0.1) is 0 Å². The molecule has 0 radical (unpaired) electrons. The summed E-state index contributed by atoms with van der Waals surface area (Å²) in [5.74, 6) is -0.577. The number of hydrogen-bond donors (Lipinski definition) is 1. The largest absolute Gasteiger partial charge is 0.497 e. The Kier molecular flexibility index (Phi) is 6.79. The van der Waals surface area contributed by atoms with E-state index in [0.717, 1.165) is 22.2 Å². The van der Waals surface area contributed by atoms with Crippen LogP contribution in [-0.4, -0.2) is 54.6 Å². The SMILES string of the molecule is COc1ccc(N2CC(C(=O)NCCN3C(=O)S/C(=C\c4ccccc4)C3=O)CC2=O)cc1. The molecule has 2 aromatic carbocycles. The van der Waals surface area contributed by atoms with Crippen molar-refractivity contribution in [2.45, 2.75) is 6.42 Å². The van der Waals surface area contributed by atoms with Gasteiger partial charge in [-0.1, -0.05) is 30.3 Å². The maximum Gasteiger partial charge on any atom is 0.293 e. The lowest BCUT2D eigenvalue weighted by Crippen LogP contribution is -2.40. The molecule has 0 bridgehead atoms. The summed E-state index contributed by atoms with van der Waals surface area (Å²) in [5, 5.41) is 2.39. The number of rotatable bonds is 7. The standard InChI is InChI=1S/C24H23N3O5S/c1-32-19-9-7-18(8-10-19)27-15-17(14-21(27)28)22(29)25-11-12-26-23(30)20(33-24(26)31)13-16-5-3-2-4-6-16/h2-10,13,17H,11-12,14-15H2,1H3,(H,25,29)/b20-13-. The second-order valence-corrected chi connectivity index (χ2v) is 8.63. The maximum absolute atomic E-state index is 12.6. The third kappa shape index (κ3) is 5.09. The molecule has 8 nitrogen and oxygen atoms in total.